The van der Waals surface area contributed by atoms with Crippen molar-refractivity contribution < 1.29 is 9.53 Å². The molecule has 0 unspecified atom stereocenters. The lowest BCUT2D eigenvalue weighted by atomic mass is 10.1. The highest BCUT2D eigenvalue weighted by Gasteiger charge is 2.15. The van der Waals surface area contributed by atoms with E-state index in [4.69, 9.17) is 4.74 Å². The summed E-state index contributed by atoms with van der Waals surface area (Å²) in [5.41, 5.74) is 3.71. The fourth-order valence-electron chi connectivity index (χ4n) is 3.05. The Bertz CT molecular complexity index is 1150. The average Bonchev–Trinajstić information content (AvgIpc) is 3.12. The summed E-state index contributed by atoms with van der Waals surface area (Å²) in [7, 11) is 1.66. The fraction of sp³-hybridized carbons (Fsp3) is 0.136. The van der Waals surface area contributed by atoms with E-state index in [2.05, 4.69) is 20.7 Å². The number of anilines is 2. The number of aromatic nitrogens is 2. The lowest BCUT2D eigenvalue weighted by molar-refractivity contribution is 0.101. The Morgan fingerprint density at radius 1 is 1.04 bits per heavy atom. The number of hydrogen-bond acceptors (Lipinski definition) is 6. The van der Waals surface area contributed by atoms with Crippen molar-refractivity contribution in [2.45, 2.75) is 13.8 Å². The first-order chi connectivity index (χ1) is 13.5. The Morgan fingerprint density at radius 2 is 1.75 bits per heavy atom. The molecule has 0 saturated heterocycles. The van der Waals surface area contributed by atoms with Gasteiger partial charge in [0.15, 0.2) is 5.78 Å². The van der Waals surface area contributed by atoms with E-state index in [0.717, 1.165) is 38.6 Å². The van der Waals surface area contributed by atoms with E-state index in [1.165, 1.54) is 0 Å². The minimum atomic E-state index is 0.0476. The van der Waals surface area contributed by atoms with Crippen molar-refractivity contribution in [3.8, 4) is 16.9 Å². The number of benzene rings is 2. The zero-order chi connectivity index (χ0) is 19.7. The standard InChI is InChI=1S/C22H19N3O2S/c1-13(26)15-4-8-17(9-5-15)25-21-20-19(12-28-22(20)24-14(2)23-21)16-6-10-18(27-3)11-7-16/h4-12H,1-3H3,(H,23,24,25). The van der Waals surface area contributed by atoms with Gasteiger partial charge < -0.3 is 10.1 Å². The van der Waals surface area contributed by atoms with E-state index in [-0.39, 0.29) is 5.78 Å². The first-order valence-electron chi connectivity index (χ1n) is 8.83. The highest BCUT2D eigenvalue weighted by Crippen LogP contribution is 2.38. The second kappa shape index (κ2) is 7.40. The smallest absolute Gasteiger partial charge is 0.159 e. The van der Waals surface area contributed by atoms with E-state index in [9.17, 15) is 4.79 Å². The molecule has 0 atom stereocenters. The number of ether oxygens (including phenoxy) is 1. The summed E-state index contributed by atoms with van der Waals surface area (Å²) in [5.74, 6) is 2.33. The number of rotatable bonds is 5. The maximum Gasteiger partial charge on any atom is 0.159 e. The summed E-state index contributed by atoms with van der Waals surface area (Å²) in [5, 5.41) is 6.48. The van der Waals surface area contributed by atoms with Crippen molar-refractivity contribution in [3.63, 3.8) is 0 Å². The molecule has 2 aromatic carbocycles. The average molecular weight is 389 g/mol. The summed E-state index contributed by atoms with van der Waals surface area (Å²) in [6, 6.07) is 15.4. The largest absolute Gasteiger partial charge is 0.497 e. The molecule has 0 saturated carbocycles. The van der Waals surface area contributed by atoms with Gasteiger partial charge in [0.2, 0.25) is 0 Å². The van der Waals surface area contributed by atoms with Crippen LogP contribution < -0.4 is 10.1 Å². The van der Waals surface area contributed by atoms with Crippen LogP contribution in [0.25, 0.3) is 21.3 Å². The Balaban J connectivity index is 1.78. The predicted octanol–water partition coefficient (Wildman–Crippen LogP) is 5.62. The van der Waals surface area contributed by atoms with Crippen LogP contribution in [-0.4, -0.2) is 22.9 Å². The zero-order valence-electron chi connectivity index (χ0n) is 15.8. The Morgan fingerprint density at radius 3 is 2.39 bits per heavy atom. The van der Waals surface area contributed by atoms with Gasteiger partial charge in [0.1, 0.15) is 22.2 Å². The molecule has 0 fully saturated rings. The quantitative estimate of drug-likeness (QED) is 0.449. The van der Waals surface area contributed by atoms with Gasteiger partial charge >= 0.3 is 0 Å². The molecule has 2 heterocycles. The van der Waals surface area contributed by atoms with E-state index in [1.807, 2.05) is 55.5 Å². The molecule has 0 bridgehead atoms. The van der Waals surface area contributed by atoms with Crippen molar-refractivity contribution in [3.05, 3.63) is 65.3 Å². The van der Waals surface area contributed by atoms with Crippen molar-refractivity contribution in [1.82, 2.24) is 9.97 Å². The lowest BCUT2D eigenvalue weighted by Crippen LogP contribution is -1.99. The van der Waals surface area contributed by atoms with Crippen molar-refractivity contribution in [2.75, 3.05) is 12.4 Å². The van der Waals surface area contributed by atoms with Gasteiger partial charge in [0.25, 0.3) is 0 Å². The van der Waals surface area contributed by atoms with Crippen LogP contribution in [-0.2, 0) is 0 Å². The van der Waals surface area contributed by atoms with Crippen molar-refractivity contribution in [2.24, 2.45) is 0 Å². The molecule has 5 nitrogen and oxygen atoms in total. The molecular formula is C22H19N3O2S. The number of nitrogens with zero attached hydrogens (tertiary/aromatic N) is 2. The Labute approximate surface area is 167 Å². The minimum Gasteiger partial charge on any atom is -0.497 e. The van der Waals surface area contributed by atoms with E-state index < -0.39 is 0 Å². The van der Waals surface area contributed by atoms with Gasteiger partial charge in [-0.2, -0.15) is 0 Å². The molecule has 0 spiro atoms. The van der Waals surface area contributed by atoms with Crippen LogP contribution in [0.2, 0.25) is 0 Å². The zero-order valence-corrected chi connectivity index (χ0v) is 16.6. The number of carbonyl (C=O) groups is 1. The number of ketones is 1. The molecule has 4 aromatic rings. The second-order valence-electron chi connectivity index (χ2n) is 6.44. The van der Waals surface area contributed by atoms with Crippen LogP contribution in [0.1, 0.15) is 23.1 Å². The summed E-state index contributed by atoms with van der Waals surface area (Å²) in [6.07, 6.45) is 0. The van der Waals surface area contributed by atoms with Crippen LogP contribution in [0.4, 0.5) is 11.5 Å². The topological polar surface area (TPSA) is 64.1 Å². The third-order valence-electron chi connectivity index (χ3n) is 4.50. The van der Waals surface area contributed by atoms with Crippen LogP contribution >= 0.6 is 11.3 Å². The summed E-state index contributed by atoms with van der Waals surface area (Å²) in [4.78, 5) is 21.7. The second-order valence-corrected chi connectivity index (χ2v) is 7.29. The van der Waals surface area contributed by atoms with Gasteiger partial charge in [-0.3, -0.25) is 4.79 Å². The molecule has 0 amide bonds. The number of fused-ring (bicyclic) bond motifs is 1. The first kappa shape index (κ1) is 18.1. The summed E-state index contributed by atoms with van der Waals surface area (Å²) >= 11 is 1.60. The normalized spacial score (nSPS) is 10.8. The van der Waals surface area contributed by atoms with Crippen LogP contribution in [0, 0.1) is 6.92 Å². The highest BCUT2D eigenvalue weighted by atomic mass is 32.1. The molecule has 0 aliphatic heterocycles. The molecule has 0 radical (unpaired) electrons. The minimum absolute atomic E-state index is 0.0476. The van der Waals surface area contributed by atoms with E-state index >= 15 is 0 Å². The third kappa shape index (κ3) is 3.46. The lowest BCUT2D eigenvalue weighted by Gasteiger charge is -2.10. The van der Waals surface area contributed by atoms with Gasteiger partial charge in [-0.1, -0.05) is 12.1 Å². The number of hydrogen-bond donors (Lipinski definition) is 1. The molecule has 0 aliphatic rings. The summed E-state index contributed by atoms with van der Waals surface area (Å²) in [6.45, 7) is 3.45. The van der Waals surface area contributed by atoms with Gasteiger partial charge in [0, 0.05) is 22.2 Å². The molecule has 1 N–H and O–H groups in total. The van der Waals surface area contributed by atoms with Gasteiger partial charge in [-0.05, 0) is 55.8 Å². The highest BCUT2D eigenvalue weighted by molar-refractivity contribution is 7.17. The van der Waals surface area contributed by atoms with Crippen LogP contribution in [0.15, 0.2) is 53.9 Å². The van der Waals surface area contributed by atoms with Crippen LogP contribution in [0.3, 0.4) is 0 Å². The molecule has 0 aliphatic carbocycles. The number of thiophene rings is 1. The SMILES string of the molecule is COc1ccc(-c2csc3nc(C)nc(Nc4ccc(C(C)=O)cc4)c23)cc1. The number of nitrogens with one attached hydrogen (secondary N) is 1. The third-order valence-corrected chi connectivity index (χ3v) is 5.37. The molecule has 28 heavy (non-hydrogen) atoms. The van der Waals surface area contributed by atoms with Crippen molar-refractivity contribution in [1.29, 1.82) is 0 Å². The van der Waals surface area contributed by atoms with Crippen LogP contribution in [0.5, 0.6) is 5.75 Å². The molecule has 140 valence electrons. The molecule has 6 heteroatoms. The van der Waals surface area contributed by atoms with E-state index in [0.29, 0.717) is 11.4 Å². The monoisotopic (exact) mass is 389 g/mol. The number of methoxy groups -OCH3 is 1. The molecule has 4 rings (SSSR count). The van der Waals surface area contributed by atoms with Gasteiger partial charge in [-0.15, -0.1) is 11.3 Å². The molecular weight excluding hydrogens is 370 g/mol. The molecule has 2 aromatic heterocycles. The Hall–Kier alpha value is -3.25. The number of carbonyl (C=O) groups excluding carboxylic acids is 1. The van der Waals surface area contributed by atoms with Gasteiger partial charge in [-0.25, -0.2) is 9.97 Å². The van der Waals surface area contributed by atoms with Gasteiger partial charge in [0.05, 0.1) is 12.5 Å². The number of Topliss-reactive ketones (excluding diaryl/α,β-unsaturated/α-hetero) is 1. The summed E-state index contributed by atoms with van der Waals surface area (Å²) < 4.78 is 5.26. The Kier molecular flexibility index (Phi) is 4.79. The number of aryl methyl sites for hydroxylation is 1. The maximum atomic E-state index is 11.5. The maximum absolute atomic E-state index is 11.5. The first-order valence-corrected chi connectivity index (χ1v) is 9.71. The van der Waals surface area contributed by atoms with Crippen molar-refractivity contribution >= 4 is 38.8 Å². The predicted molar refractivity (Wildman–Crippen MR) is 114 cm³/mol. The van der Waals surface area contributed by atoms with E-state index in [1.54, 1.807) is 25.4 Å². The fourth-order valence-corrected chi connectivity index (χ4v) is 4.04.